The summed E-state index contributed by atoms with van der Waals surface area (Å²) in [7, 11) is 0. The largest absolute Gasteiger partial charge is 0.416 e. The minimum absolute atomic E-state index is 0.230. The number of aliphatic hydroxyl groups excluding tert-OH is 1. The summed E-state index contributed by atoms with van der Waals surface area (Å²) in [6.07, 6.45) is -6.14. The number of nitrogens with two attached hydrogens (primary N) is 1. The van der Waals surface area contributed by atoms with E-state index in [1.807, 2.05) is 0 Å². The highest BCUT2D eigenvalue weighted by molar-refractivity contribution is 5.94. The van der Waals surface area contributed by atoms with Gasteiger partial charge >= 0.3 is 6.18 Å². The van der Waals surface area contributed by atoms with Crippen LogP contribution in [0, 0.1) is 0 Å². The predicted molar refractivity (Wildman–Crippen MR) is 59.0 cm³/mol. The van der Waals surface area contributed by atoms with Crippen molar-refractivity contribution >= 4 is 11.8 Å². The summed E-state index contributed by atoms with van der Waals surface area (Å²) in [5.41, 5.74) is 3.56. The fraction of sp³-hybridized carbons (Fsp3) is 0.273. The van der Waals surface area contributed by atoms with E-state index in [1.54, 1.807) is 0 Å². The molecule has 0 heterocycles. The third-order valence-corrected chi connectivity index (χ3v) is 2.24. The zero-order valence-corrected chi connectivity index (χ0v) is 9.57. The first kappa shape index (κ1) is 15.0. The molecule has 5 nitrogen and oxygen atoms in total. The summed E-state index contributed by atoms with van der Waals surface area (Å²) < 4.78 is 37.3. The molecule has 0 aliphatic heterocycles. The number of aliphatic hydroxyl groups is 1. The summed E-state index contributed by atoms with van der Waals surface area (Å²) >= 11 is 0. The zero-order valence-electron chi connectivity index (χ0n) is 9.57. The van der Waals surface area contributed by atoms with Gasteiger partial charge in [-0.3, -0.25) is 9.59 Å². The number of rotatable bonds is 4. The number of hydrogen-bond acceptors (Lipinski definition) is 3. The third-order valence-electron chi connectivity index (χ3n) is 2.24. The van der Waals surface area contributed by atoms with Crippen molar-refractivity contribution in [3.63, 3.8) is 0 Å². The Hall–Kier alpha value is -2.09. The van der Waals surface area contributed by atoms with Crippen molar-refractivity contribution in [1.29, 1.82) is 0 Å². The molecule has 0 saturated heterocycles. The van der Waals surface area contributed by atoms with Gasteiger partial charge in [0.15, 0.2) is 0 Å². The van der Waals surface area contributed by atoms with Crippen LogP contribution in [0.15, 0.2) is 24.3 Å². The number of halogens is 3. The van der Waals surface area contributed by atoms with Gasteiger partial charge in [0.25, 0.3) is 5.91 Å². The smallest absolute Gasteiger partial charge is 0.381 e. The third kappa shape index (κ3) is 4.25. The number of amides is 2. The number of benzene rings is 1. The van der Waals surface area contributed by atoms with Gasteiger partial charge in [0.05, 0.1) is 12.1 Å². The Bertz CT molecular complexity index is 488. The molecular formula is C11H11F3N2O3. The molecule has 4 N–H and O–H groups in total. The van der Waals surface area contributed by atoms with E-state index in [2.05, 4.69) is 5.32 Å². The Morgan fingerprint density at radius 3 is 2.53 bits per heavy atom. The van der Waals surface area contributed by atoms with Gasteiger partial charge in [0, 0.05) is 5.56 Å². The monoisotopic (exact) mass is 276 g/mol. The molecule has 1 aromatic rings. The van der Waals surface area contributed by atoms with Crippen LogP contribution in [0.4, 0.5) is 13.2 Å². The Morgan fingerprint density at radius 1 is 1.37 bits per heavy atom. The minimum Gasteiger partial charge on any atom is -0.381 e. The van der Waals surface area contributed by atoms with Crippen molar-refractivity contribution in [3.05, 3.63) is 35.4 Å². The molecule has 1 atom stereocenters. The average Bonchev–Trinajstić information content (AvgIpc) is 2.34. The van der Waals surface area contributed by atoms with Crippen LogP contribution in [-0.4, -0.2) is 29.6 Å². The molecule has 0 saturated carbocycles. The van der Waals surface area contributed by atoms with Gasteiger partial charge in [-0.1, -0.05) is 6.07 Å². The van der Waals surface area contributed by atoms with Crippen molar-refractivity contribution < 1.29 is 27.9 Å². The molecule has 2 amide bonds. The molecule has 1 unspecified atom stereocenters. The maximum absolute atomic E-state index is 12.4. The van der Waals surface area contributed by atoms with Crippen LogP contribution in [0.2, 0.25) is 0 Å². The SMILES string of the molecule is NC(=O)C(O)CNC(=O)c1cccc(C(F)(F)F)c1. The zero-order chi connectivity index (χ0) is 14.6. The lowest BCUT2D eigenvalue weighted by Crippen LogP contribution is -2.40. The molecule has 19 heavy (non-hydrogen) atoms. The predicted octanol–water partition coefficient (Wildman–Crippen LogP) is 0.281. The van der Waals surface area contributed by atoms with Crippen molar-refractivity contribution in [2.45, 2.75) is 12.3 Å². The van der Waals surface area contributed by atoms with Crippen molar-refractivity contribution in [2.24, 2.45) is 5.73 Å². The summed E-state index contributed by atoms with van der Waals surface area (Å²) in [4.78, 5) is 22.0. The average molecular weight is 276 g/mol. The highest BCUT2D eigenvalue weighted by Crippen LogP contribution is 2.29. The summed E-state index contributed by atoms with van der Waals surface area (Å²) in [6, 6.07) is 3.77. The Labute approximate surface area is 106 Å². The number of primary amides is 1. The molecule has 0 aliphatic carbocycles. The van der Waals surface area contributed by atoms with E-state index >= 15 is 0 Å². The van der Waals surface area contributed by atoms with Crippen LogP contribution in [0.5, 0.6) is 0 Å². The van der Waals surface area contributed by atoms with Gasteiger partial charge in [0.2, 0.25) is 5.91 Å². The normalized spacial score (nSPS) is 12.8. The standard InChI is InChI=1S/C11H11F3N2O3/c12-11(13,14)7-3-1-2-6(4-7)10(19)16-5-8(17)9(15)18/h1-4,8,17H,5H2,(H2,15,18)(H,16,19). The van der Waals surface area contributed by atoms with Crippen molar-refractivity contribution in [2.75, 3.05) is 6.54 Å². The van der Waals surface area contributed by atoms with E-state index in [0.29, 0.717) is 6.07 Å². The second-order valence-corrected chi connectivity index (χ2v) is 3.71. The minimum atomic E-state index is -4.55. The topological polar surface area (TPSA) is 92.4 Å². The molecule has 0 spiro atoms. The quantitative estimate of drug-likeness (QED) is 0.737. The molecule has 0 radical (unpaired) electrons. The van der Waals surface area contributed by atoms with Crippen molar-refractivity contribution in [3.8, 4) is 0 Å². The van der Waals surface area contributed by atoms with Gasteiger partial charge < -0.3 is 16.2 Å². The van der Waals surface area contributed by atoms with E-state index in [-0.39, 0.29) is 5.56 Å². The molecule has 0 fully saturated rings. The van der Waals surface area contributed by atoms with Gasteiger partial charge in [-0.2, -0.15) is 13.2 Å². The molecule has 1 aromatic carbocycles. The number of nitrogens with one attached hydrogen (secondary N) is 1. The van der Waals surface area contributed by atoms with Crippen LogP contribution in [-0.2, 0) is 11.0 Å². The maximum Gasteiger partial charge on any atom is 0.416 e. The van der Waals surface area contributed by atoms with Crippen LogP contribution in [0.25, 0.3) is 0 Å². The van der Waals surface area contributed by atoms with E-state index in [0.717, 1.165) is 12.1 Å². The first-order chi connectivity index (χ1) is 8.71. The van der Waals surface area contributed by atoms with Gasteiger partial charge in [0.1, 0.15) is 6.10 Å². The summed E-state index contributed by atoms with van der Waals surface area (Å²) in [5.74, 6) is -1.88. The van der Waals surface area contributed by atoms with Crippen LogP contribution < -0.4 is 11.1 Å². The van der Waals surface area contributed by atoms with E-state index in [1.165, 1.54) is 6.07 Å². The Morgan fingerprint density at radius 2 is 2.00 bits per heavy atom. The second kappa shape index (κ2) is 5.70. The van der Waals surface area contributed by atoms with Gasteiger partial charge in [-0.15, -0.1) is 0 Å². The van der Waals surface area contributed by atoms with Crippen LogP contribution in [0.3, 0.4) is 0 Å². The van der Waals surface area contributed by atoms with Crippen LogP contribution in [0.1, 0.15) is 15.9 Å². The fourth-order valence-electron chi connectivity index (χ4n) is 1.23. The number of alkyl halides is 3. The summed E-state index contributed by atoms with van der Waals surface area (Å²) in [5, 5.41) is 11.1. The van der Waals surface area contributed by atoms with E-state index in [9.17, 15) is 22.8 Å². The molecule has 1 rings (SSSR count). The number of carbonyl (C=O) groups is 2. The molecule has 104 valence electrons. The van der Waals surface area contributed by atoms with Gasteiger partial charge in [-0.05, 0) is 18.2 Å². The summed E-state index contributed by atoms with van der Waals surface area (Å²) in [6.45, 7) is -0.468. The fourth-order valence-corrected chi connectivity index (χ4v) is 1.23. The lowest BCUT2D eigenvalue weighted by Gasteiger charge is -2.10. The first-order valence-electron chi connectivity index (χ1n) is 5.14. The Balaban J connectivity index is 2.75. The van der Waals surface area contributed by atoms with E-state index < -0.39 is 36.2 Å². The highest BCUT2D eigenvalue weighted by atomic mass is 19.4. The van der Waals surface area contributed by atoms with Crippen molar-refractivity contribution in [1.82, 2.24) is 5.32 Å². The maximum atomic E-state index is 12.4. The molecule has 0 bridgehead atoms. The lowest BCUT2D eigenvalue weighted by atomic mass is 10.1. The van der Waals surface area contributed by atoms with Crippen LogP contribution >= 0.6 is 0 Å². The highest BCUT2D eigenvalue weighted by Gasteiger charge is 2.30. The number of hydrogen-bond donors (Lipinski definition) is 3. The molecule has 8 heteroatoms. The molecule has 0 aromatic heterocycles. The second-order valence-electron chi connectivity index (χ2n) is 3.71. The first-order valence-corrected chi connectivity index (χ1v) is 5.14. The lowest BCUT2D eigenvalue weighted by molar-refractivity contribution is -0.137. The molecule has 0 aliphatic rings. The number of carbonyl (C=O) groups excluding carboxylic acids is 2. The van der Waals surface area contributed by atoms with E-state index in [4.69, 9.17) is 10.8 Å². The Kier molecular flexibility index (Phi) is 4.49. The van der Waals surface area contributed by atoms with Gasteiger partial charge in [-0.25, -0.2) is 0 Å². The molecular weight excluding hydrogens is 265 g/mol.